The van der Waals surface area contributed by atoms with Crippen molar-refractivity contribution >= 4 is 17.0 Å². The van der Waals surface area contributed by atoms with Gasteiger partial charge >= 0.3 is 12.1 Å². The highest BCUT2D eigenvalue weighted by molar-refractivity contribution is 5.90. The number of carbonyl (C=O) groups is 1. The van der Waals surface area contributed by atoms with E-state index < -0.39 is 23.4 Å². The van der Waals surface area contributed by atoms with Gasteiger partial charge in [0.25, 0.3) is 0 Å². The van der Waals surface area contributed by atoms with Gasteiger partial charge in [-0.15, -0.1) is 0 Å². The zero-order chi connectivity index (χ0) is 18.9. The summed E-state index contributed by atoms with van der Waals surface area (Å²) in [5, 5.41) is 4.31. The Kier molecular flexibility index (Phi) is 4.62. The molecule has 0 radical (unpaired) electrons. The van der Waals surface area contributed by atoms with Gasteiger partial charge in [0.2, 0.25) is 0 Å². The van der Waals surface area contributed by atoms with Crippen molar-refractivity contribution in [3.05, 3.63) is 53.1 Å². The van der Waals surface area contributed by atoms with Gasteiger partial charge in [0.15, 0.2) is 11.3 Å². The number of aryl methyl sites for hydroxylation is 1. The van der Waals surface area contributed by atoms with Crippen LogP contribution in [0.15, 0.2) is 30.6 Å². The molecule has 0 amide bonds. The minimum absolute atomic E-state index is 0.0258. The van der Waals surface area contributed by atoms with Gasteiger partial charge in [-0.2, -0.15) is 18.3 Å². The van der Waals surface area contributed by atoms with E-state index in [1.807, 2.05) is 6.07 Å². The van der Waals surface area contributed by atoms with Crippen molar-refractivity contribution in [3.8, 4) is 0 Å². The number of pyridine rings is 2. The zero-order valence-corrected chi connectivity index (χ0v) is 14.0. The van der Waals surface area contributed by atoms with E-state index in [2.05, 4.69) is 15.1 Å². The molecule has 0 aromatic carbocycles. The van der Waals surface area contributed by atoms with E-state index >= 15 is 0 Å². The molecule has 26 heavy (non-hydrogen) atoms. The highest BCUT2D eigenvalue weighted by Gasteiger charge is 2.39. The Hall–Kier alpha value is -2.97. The molecule has 0 N–H and O–H groups in total. The Morgan fingerprint density at radius 2 is 2.12 bits per heavy atom. The van der Waals surface area contributed by atoms with E-state index in [-0.39, 0.29) is 13.2 Å². The molecule has 0 aliphatic carbocycles. The molecule has 0 saturated carbocycles. The summed E-state index contributed by atoms with van der Waals surface area (Å²) in [6.07, 6.45) is -2.09. The monoisotopic (exact) mass is 364 g/mol. The first-order valence-electron chi connectivity index (χ1n) is 7.82. The number of esters is 1. The van der Waals surface area contributed by atoms with Crippen LogP contribution in [0.2, 0.25) is 0 Å². The molecule has 0 fully saturated rings. The molecule has 9 heteroatoms. The van der Waals surface area contributed by atoms with Crippen molar-refractivity contribution in [1.82, 2.24) is 19.7 Å². The number of fused-ring (bicyclic) bond motifs is 1. The fourth-order valence-electron chi connectivity index (χ4n) is 2.54. The largest absolute Gasteiger partial charge is 0.462 e. The molecule has 0 aliphatic heterocycles. The summed E-state index contributed by atoms with van der Waals surface area (Å²) in [6.45, 7) is 3.27. The molecule has 3 heterocycles. The summed E-state index contributed by atoms with van der Waals surface area (Å²) in [5.41, 5.74) is -0.0103. The van der Waals surface area contributed by atoms with Gasteiger partial charge in [-0.05, 0) is 37.6 Å². The van der Waals surface area contributed by atoms with Crippen molar-refractivity contribution < 1.29 is 22.7 Å². The van der Waals surface area contributed by atoms with E-state index in [0.717, 1.165) is 16.3 Å². The number of aromatic nitrogens is 4. The van der Waals surface area contributed by atoms with Crippen LogP contribution in [0.3, 0.4) is 0 Å². The normalized spacial score (nSPS) is 11.7. The summed E-state index contributed by atoms with van der Waals surface area (Å²) >= 11 is 0. The van der Waals surface area contributed by atoms with Gasteiger partial charge in [-0.3, -0.25) is 4.68 Å². The molecule has 0 atom stereocenters. The number of hydrogen-bond donors (Lipinski definition) is 0. The molecule has 136 valence electrons. The standard InChI is InChI=1S/C17H15F3N4O2/c1-3-26-16(25)13-9-24(23-14(13)17(18,19)20)8-12-7-11-5-4-6-21-15(11)22-10(12)2/h4-7,9H,3,8H2,1-2H3. The molecule has 3 aromatic rings. The van der Waals surface area contributed by atoms with Crippen molar-refractivity contribution in [2.75, 3.05) is 6.61 Å². The van der Waals surface area contributed by atoms with E-state index in [9.17, 15) is 18.0 Å². The van der Waals surface area contributed by atoms with Crippen LogP contribution in [-0.2, 0) is 17.5 Å². The molecular formula is C17H15F3N4O2. The lowest BCUT2D eigenvalue weighted by atomic mass is 10.1. The minimum atomic E-state index is -4.76. The lowest BCUT2D eigenvalue weighted by Gasteiger charge is -2.07. The predicted molar refractivity (Wildman–Crippen MR) is 86.6 cm³/mol. The SMILES string of the molecule is CCOC(=O)c1cn(Cc2cc3cccnc3nc2C)nc1C(F)(F)F. The minimum Gasteiger partial charge on any atom is -0.462 e. The van der Waals surface area contributed by atoms with Crippen molar-refractivity contribution in [1.29, 1.82) is 0 Å². The van der Waals surface area contributed by atoms with Gasteiger partial charge in [-0.1, -0.05) is 0 Å². The van der Waals surface area contributed by atoms with Crippen LogP contribution in [-0.4, -0.2) is 32.3 Å². The van der Waals surface area contributed by atoms with Crippen LogP contribution in [0.4, 0.5) is 13.2 Å². The van der Waals surface area contributed by atoms with Gasteiger partial charge in [0.05, 0.1) is 13.2 Å². The first-order valence-corrected chi connectivity index (χ1v) is 7.82. The highest BCUT2D eigenvalue weighted by Crippen LogP contribution is 2.31. The maximum atomic E-state index is 13.2. The van der Waals surface area contributed by atoms with Crippen LogP contribution in [0.5, 0.6) is 0 Å². The van der Waals surface area contributed by atoms with Crippen molar-refractivity contribution in [3.63, 3.8) is 0 Å². The average Bonchev–Trinajstić information content (AvgIpc) is 3.00. The predicted octanol–water partition coefficient (Wildman–Crippen LogP) is 3.38. The molecule has 0 bridgehead atoms. The fourth-order valence-corrected chi connectivity index (χ4v) is 2.54. The second kappa shape index (κ2) is 6.74. The molecule has 0 saturated heterocycles. The number of ether oxygens (including phenoxy) is 1. The second-order valence-corrected chi connectivity index (χ2v) is 5.59. The Labute approximate surface area is 146 Å². The van der Waals surface area contributed by atoms with Crippen LogP contribution >= 0.6 is 0 Å². The number of hydrogen-bond acceptors (Lipinski definition) is 5. The van der Waals surface area contributed by atoms with E-state index in [1.165, 1.54) is 6.92 Å². The van der Waals surface area contributed by atoms with Gasteiger partial charge < -0.3 is 4.74 Å². The lowest BCUT2D eigenvalue weighted by Crippen LogP contribution is -2.14. The fraction of sp³-hybridized carbons (Fsp3) is 0.294. The van der Waals surface area contributed by atoms with Crippen molar-refractivity contribution in [2.24, 2.45) is 0 Å². The summed E-state index contributed by atoms with van der Waals surface area (Å²) in [6, 6.07) is 5.36. The summed E-state index contributed by atoms with van der Waals surface area (Å²) < 4.78 is 45.3. The topological polar surface area (TPSA) is 69.9 Å². The second-order valence-electron chi connectivity index (χ2n) is 5.59. The van der Waals surface area contributed by atoms with Crippen molar-refractivity contribution in [2.45, 2.75) is 26.6 Å². The molecule has 3 rings (SSSR count). The third-order valence-corrected chi connectivity index (χ3v) is 3.74. The maximum absolute atomic E-state index is 13.2. The van der Waals surface area contributed by atoms with E-state index in [1.54, 1.807) is 25.3 Å². The first kappa shape index (κ1) is 17.8. The average molecular weight is 364 g/mol. The first-order chi connectivity index (χ1) is 12.3. The van der Waals surface area contributed by atoms with Crippen LogP contribution in [0.1, 0.15) is 34.2 Å². The number of nitrogens with zero attached hydrogens (tertiary/aromatic N) is 4. The van der Waals surface area contributed by atoms with Gasteiger partial charge in [-0.25, -0.2) is 14.8 Å². The number of carbonyl (C=O) groups excluding carboxylic acids is 1. The van der Waals surface area contributed by atoms with Gasteiger partial charge in [0.1, 0.15) is 5.56 Å². The maximum Gasteiger partial charge on any atom is 0.436 e. The Bertz CT molecular complexity index is 966. The van der Waals surface area contributed by atoms with Crippen LogP contribution < -0.4 is 0 Å². The summed E-state index contributed by atoms with van der Waals surface area (Å²) in [7, 11) is 0. The van der Waals surface area contributed by atoms with Crippen LogP contribution in [0, 0.1) is 6.92 Å². The third-order valence-electron chi connectivity index (χ3n) is 3.74. The highest BCUT2D eigenvalue weighted by atomic mass is 19.4. The Morgan fingerprint density at radius 1 is 1.35 bits per heavy atom. The van der Waals surface area contributed by atoms with E-state index in [4.69, 9.17) is 4.74 Å². The quantitative estimate of drug-likeness (QED) is 0.664. The van der Waals surface area contributed by atoms with Gasteiger partial charge in [0, 0.05) is 23.5 Å². The molecule has 3 aromatic heterocycles. The lowest BCUT2D eigenvalue weighted by molar-refractivity contribution is -0.142. The zero-order valence-electron chi connectivity index (χ0n) is 14.0. The number of halogens is 3. The number of alkyl halides is 3. The molecule has 6 nitrogen and oxygen atoms in total. The van der Waals surface area contributed by atoms with E-state index in [0.29, 0.717) is 16.9 Å². The third kappa shape index (κ3) is 3.51. The molecule has 0 spiro atoms. The Balaban J connectivity index is 2.00. The summed E-state index contributed by atoms with van der Waals surface area (Å²) in [5.74, 6) is -1.05. The molecule has 0 unspecified atom stereocenters. The molecular weight excluding hydrogens is 349 g/mol. The summed E-state index contributed by atoms with van der Waals surface area (Å²) in [4.78, 5) is 20.3. The Morgan fingerprint density at radius 3 is 2.81 bits per heavy atom. The van der Waals surface area contributed by atoms with Crippen LogP contribution in [0.25, 0.3) is 11.0 Å². The number of rotatable bonds is 4. The smallest absolute Gasteiger partial charge is 0.436 e. The molecule has 0 aliphatic rings.